The van der Waals surface area contributed by atoms with Crippen molar-refractivity contribution in [2.75, 3.05) is 27.4 Å². The van der Waals surface area contributed by atoms with Gasteiger partial charge in [-0.2, -0.15) is 0 Å². The third-order valence-electron chi connectivity index (χ3n) is 6.97. The molecule has 1 N–H and O–H groups in total. The van der Waals surface area contributed by atoms with Gasteiger partial charge in [0.25, 0.3) is 0 Å². The highest BCUT2D eigenvalue weighted by Gasteiger charge is 2.54. The van der Waals surface area contributed by atoms with Crippen LogP contribution >= 0.6 is 0 Å². The lowest BCUT2D eigenvalue weighted by Gasteiger charge is -2.41. The van der Waals surface area contributed by atoms with Crippen molar-refractivity contribution in [3.05, 3.63) is 48.0 Å². The maximum atomic E-state index is 10.4. The molecule has 0 amide bonds. The van der Waals surface area contributed by atoms with Crippen molar-refractivity contribution >= 4 is 0 Å². The van der Waals surface area contributed by atoms with Gasteiger partial charge in [0, 0.05) is 19.6 Å². The lowest BCUT2D eigenvalue weighted by Crippen LogP contribution is -2.40. The Morgan fingerprint density at radius 2 is 1.85 bits per heavy atom. The zero-order chi connectivity index (χ0) is 19.3. The molecule has 2 aliphatic carbocycles. The van der Waals surface area contributed by atoms with Crippen LogP contribution in [0.4, 0.5) is 0 Å². The summed E-state index contributed by atoms with van der Waals surface area (Å²) in [6, 6.07) is 9.96. The molecular weight excluding hydrogens is 336 g/mol. The van der Waals surface area contributed by atoms with Crippen LogP contribution < -0.4 is 0 Å². The first-order valence-corrected chi connectivity index (χ1v) is 10.5. The highest BCUT2D eigenvalue weighted by Crippen LogP contribution is 2.58. The Morgan fingerprint density at radius 3 is 2.52 bits per heavy atom. The van der Waals surface area contributed by atoms with Gasteiger partial charge in [-0.25, -0.2) is 0 Å². The molecule has 27 heavy (non-hydrogen) atoms. The van der Waals surface area contributed by atoms with E-state index >= 15 is 0 Å². The Bertz CT molecular complexity index is 591. The topological polar surface area (TPSA) is 38.7 Å². The number of benzene rings is 1. The van der Waals surface area contributed by atoms with E-state index in [1.165, 1.54) is 25.7 Å². The Morgan fingerprint density at radius 1 is 1.15 bits per heavy atom. The SMILES string of the molecule is COCC1(COC)C[C@H](C)[C@@H]2[C@H]1CCC[C@@H]2/C=C/CC(O)c1ccccc1. The fraction of sp³-hybridized carbons (Fsp3) is 0.667. The van der Waals surface area contributed by atoms with Gasteiger partial charge in [-0.05, 0) is 54.9 Å². The van der Waals surface area contributed by atoms with Gasteiger partial charge in [-0.1, -0.05) is 55.8 Å². The highest BCUT2D eigenvalue weighted by atomic mass is 16.5. The quantitative estimate of drug-likeness (QED) is 0.651. The molecule has 3 nitrogen and oxygen atoms in total. The van der Waals surface area contributed by atoms with E-state index in [2.05, 4.69) is 19.1 Å². The molecule has 2 saturated carbocycles. The van der Waals surface area contributed by atoms with Crippen LogP contribution in [0.2, 0.25) is 0 Å². The Hall–Kier alpha value is -1.16. The van der Waals surface area contributed by atoms with Gasteiger partial charge in [0.05, 0.1) is 19.3 Å². The molecule has 1 aromatic carbocycles. The number of hydrogen-bond acceptors (Lipinski definition) is 3. The van der Waals surface area contributed by atoms with Crippen LogP contribution in [0.15, 0.2) is 42.5 Å². The van der Waals surface area contributed by atoms with Crippen molar-refractivity contribution in [2.24, 2.45) is 29.1 Å². The molecule has 3 heteroatoms. The van der Waals surface area contributed by atoms with E-state index in [1.54, 1.807) is 0 Å². The molecule has 1 aromatic rings. The molecule has 2 aliphatic rings. The van der Waals surface area contributed by atoms with E-state index in [4.69, 9.17) is 9.47 Å². The molecule has 0 aromatic heterocycles. The first-order chi connectivity index (χ1) is 13.1. The normalized spacial score (nSPS) is 31.1. The van der Waals surface area contributed by atoms with E-state index in [-0.39, 0.29) is 5.41 Å². The van der Waals surface area contributed by atoms with Gasteiger partial charge in [-0.3, -0.25) is 0 Å². The molecule has 150 valence electrons. The van der Waals surface area contributed by atoms with Gasteiger partial charge >= 0.3 is 0 Å². The summed E-state index contributed by atoms with van der Waals surface area (Å²) in [6.45, 7) is 4.01. The van der Waals surface area contributed by atoms with Gasteiger partial charge < -0.3 is 14.6 Å². The summed E-state index contributed by atoms with van der Waals surface area (Å²) in [4.78, 5) is 0. The van der Waals surface area contributed by atoms with Gasteiger partial charge in [-0.15, -0.1) is 0 Å². The van der Waals surface area contributed by atoms with Crippen molar-refractivity contribution in [3.8, 4) is 0 Å². The second-order valence-electron chi connectivity index (χ2n) is 8.78. The molecule has 5 atom stereocenters. The smallest absolute Gasteiger partial charge is 0.0824 e. The lowest BCUT2D eigenvalue weighted by molar-refractivity contribution is -0.0343. The van der Waals surface area contributed by atoms with E-state index < -0.39 is 6.10 Å². The van der Waals surface area contributed by atoms with Crippen LogP contribution in [0.5, 0.6) is 0 Å². The monoisotopic (exact) mass is 372 g/mol. The number of fused-ring (bicyclic) bond motifs is 1. The average molecular weight is 373 g/mol. The van der Waals surface area contributed by atoms with Crippen molar-refractivity contribution in [1.82, 2.24) is 0 Å². The van der Waals surface area contributed by atoms with Gasteiger partial charge in [0.2, 0.25) is 0 Å². The number of methoxy groups -OCH3 is 2. The molecule has 2 fully saturated rings. The Labute approximate surface area is 164 Å². The maximum absolute atomic E-state index is 10.4. The number of allylic oxidation sites excluding steroid dienone is 1. The summed E-state index contributed by atoms with van der Waals surface area (Å²) >= 11 is 0. The summed E-state index contributed by atoms with van der Waals surface area (Å²) in [5, 5.41) is 10.4. The molecule has 0 aliphatic heterocycles. The van der Waals surface area contributed by atoms with Crippen LogP contribution in [0.25, 0.3) is 0 Å². The molecule has 0 radical (unpaired) electrons. The van der Waals surface area contributed by atoms with E-state index in [0.29, 0.717) is 30.1 Å². The molecule has 3 rings (SSSR count). The zero-order valence-electron chi connectivity index (χ0n) is 17.1. The van der Waals surface area contributed by atoms with Crippen molar-refractivity contribution in [2.45, 2.75) is 45.1 Å². The first-order valence-electron chi connectivity index (χ1n) is 10.5. The number of rotatable bonds is 8. The minimum atomic E-state index is -0.413. The standard InChI is InChI=1S/C24H36O3/c1-18-15-24(16-26-2,17-27-3)21-13-7-11-20(23(18)21)12-8-14-22(25)19-9-5-4-6-10-19/h4-6,8-10,12,18,20-23,25H,7,11,13-17H2,1-3H3/b12-8+/t18-,20+,21+,22?,23-/m0/s1. The van der Waals surface area contributed by atoms with Crippen molar-refractivity contribution in [3.63, 3.8) is 0 Å². The molecule has 0 bridgehead atoms. The van der Waals surface area contributed by atoms with E-state index in [1.807, 2.05) is 44.6 Å². The molecule has 0 heterocycles. The maximum Gasteiger partial charge on any atom is 0.0824 e. The minimum Gasteiger partial charge on any atom is -0.388 e. The average Bonchev–Trinajstić information content (AvgIpc) is 2.95. The molecule has 0 saturated heterocycles. The second kappa shape index (κ2) is 9.36. The summed E-state index contributed by atoms with van der Waals surface area (Å²) in [5.74, 6) is 2.68. The minimum absolute atomic E-state index is 0.170. The third kappa shape index (κ3) is 4.47. The highest BCUT2D eigenvalue weighted by molar-refractivity contribution is 5.18. The summed E-state index contributed by atoms with van der Waals surface area (Å²) in [6.07, 6.45) is 9.91. The number of ether oxygens (including phenoxy) is 2. The molecule has 1 unspecified atom stereocenters. The summed E-state index contributed by atoms with van der Waals surface area (Å²) in [5.41, 5.74) is 1.17. The number of aliphatic hydroxyl groups is 1. The van der Waals surface area contributed by atoms with Crippen molar-refractivity contribution < 1.29 is 14.6 Å². The van der Waals surface area contributed by atoms with Crippen LogP contribution in [0, 0.1) is 29.1 Å². The fourth-order valence-electron chi connectivity index (χ4n) is 6.09. The molecular formula is C24H36O3. The first kappa shape index (κ1) is 20.6. The third-order valence-corrected chi connectivity index (χ3v) is 6.97. The Balaban J connectivity index is 1.68. The van der Waals surface area contributed by atoms with Gasteiger partial charge in [0.15, 0.2) is 0 Å². The number of hydrogen-bond donors (Lipinski definition) is 1. The lowest BCUT2D eigenvalue weighted by atomic mass is 9.65. The predicted octanol–water partition coefficient (Wildman–Crippen LogP) is 5.02. The van der Waals surface area contributed by atoms with Crippen LogP contribution in [0.1, 0.15) is 50.7 Å². The summed E-state index contributed by atoms with van der Waals surface area (Å²) in [7, 11) is 3.64. The fourth-order valence-corrected chi connectivity index (χ4v) is 6.09. The second-order valence-corrected chi connectivity index (χ2v) is 8.78. The Kier molecular flexibility index (Phi) is 7.13. The van der Waals surface area contributed by atoms with E-state index in [0.717, 1.165) is 18.8 Å². The van der Waals surface area contributed by atoms with Crippen LogP contribution in [0.3, 0.4) is 0 Å². The van der Waals surface area contributed by atoms with Crippen LogP contribution in [-0.2, 0) is 9.47 Å². The van der Waals surface area contributed by atoms with Crippen LogP contribution in [-0.4, -0.2) is 32.5 Å². The van der Waals surface area contributed by atoms with E-state index in [9.17, 15) is 5.11 Å². The van der Waals surface area contributed by atoms with Crippen molar-refractivity contribution in [1.29, 1.82) is 0 Å². The molecule has 0 spiro atoms. The largest absolute Gasteiger partial charge is 0.388 e. The zero-order valence-corrected chi connectivity index (χ0v) is 17.1. The number of aliphatic hydroxyl groups excluding tert-OH is 1. The predicted molar refractivity (Wildman–Crippen MR) is 109 cm³/mol. The van der Waals surface area contributed by atoms with Gasteiger partial charge in [0.1, 0.15) is 0 Å². The summed E-state index contributed by atoms with van der Waals surface area (Å²) < 4.78 is 11.3.